The van der Waals surface area contributed by atoms with Crippen molar-refractivity contribution in [1.82, 2.24) is 10.2 Å². The van der Waals surface area contributed by atoms with E-state index < -0.39 is 0 Å². The SMILES string of the molecule is C[C@@H]1Sc2ccc(C(=O)NC[C@@H](c3ccco3)N3CCCC3)cc2NC1=O. The first-order chi connectivity index (χ1) is 13.1. The molecular weight excluding hydrogens is 362 g/mol. The smallest absolute Gasteiger partial charge is 0.251 e. The fourth-order valence-electron chi connectivity index (χ4n) is 3.59. The molecule has 0 spiro atoms. The van der Waals surface area contributed by atoms with Crippen LogP contribution >= 0.6 is 11.8 Å². The highest BCUT2D eigenvalue weighted by atomic mass is 32.2. The van der Waals surface area contributed by atoms with Crippen molar-refractivity contribution in [2.75, 3.05) is 25.0 Å². The number of anilines is 1. The molecule has 2 atom stereocenters. The van der Waals surface area contributed by atoms with E-state index in [1.807, 2.05) is 31.2 Å². The Balaban J connectivity index is 1.45. The van der Waals surface area contributed by atoms with Crippen molar-refractivity contribution in [1.29, 1.82) is 0 Å². The topological polar surface area (TPSA) is 74.6 Å². The maximum atomic E-state index is 12.7. The molecule has 1 saturated heterocycles. The lowest BCUT2D eigenvalue weighted by Gasteiger charge is -2.26. The van der Waals surface area contributed by atoms with Gasteiger partial charge in [0.25, 0.3) is 5.91 Å². The van der Waals surface area contributed by atoms with Gasteiger partial charge in [0.05, 0.1) is 23.2 Å². The molecule has 0 aliphatic carbocycles. The molecule has 1 fully saturated rings. The summed E-state index contributed by atoms with van der Waals surface area (Å²) in [6.45, 7) is 4.39. The number of nitrogens with zero attached hydrogens (tertiary/aromatic N) is 1. The lowest BCUT2D eigenvalue weighted by atomic mass is 10.1. The molecule has 27 heavy (non-hydrogen) atoms. The zero-order valence-electron chi connectivity index (χ0n) is 15.2. The van der Waals surface area contributed by atoms with E-state index >= 15 is 0 Å². The van der Waals surface area contributed by atoms with Gasteiger partial charge in [-0.25, -0.2) is 0 Å². The second kappa shape index (κ2) is 7.78. The first-order valence-electron chi connectivity index (χ1n) is 9.29. The van der Waals surface area contributed by atoms with Crippen LogP contribution in [0.1, 0.15) is 41.9 Å². The lowest BCUT2D eigenvalue weighted by molar-refractivity contribution is -0.115. The van der Waals surface area contributed by atoms with E-state index in [1.165, 1.54) is 24.6 Å². The van der Waals surface area contributed by atoms with E-state index in [2.05, 4.69) is 15.5 Å². The van der Waals surface area contributed by atoms with Crippen LogP contribution in [0.25, 0.3) is 0 Å². The van der Waals surface area contributed by atoms with Crippen molar-refractivity contribution in [3.05, 3.63) is 47.9 Å². The number of carbonyl (C=O) groups excluding carboxylic acids is 2. The molecule has 2 N–H and O–H groups in total. The number of nitrogens with one attached hydrogen (secondary N) is 2. The third-order valence-corrected chi connectivity index (χ3v) is 6.26. The summed E-state index contributed by atoms with van der Waals surface area (Å²) in [7, 11) is 0. The van der Waals surface area contributed by atoms with Crippen LogP contribution in [0, 0.1) is 0 Å². The molecule has 2 aromatic rings. The first-order valence-corrected chi connectivity index (χ1v) is 10.2. The Hall–Kier alpha value is -2.25. The molecule has 2 aliphatic rings. The maximum Gasteiger partial charge on any atom is 0.251 e. The van der Waals surface area contributed by atoms with Crippen LogP contribution in [-0.2, 0) is 4.79 Å². The highest BCUT2D eigenvalue weighted by Crippen LogP contribution is 2.36. The van der Waals surface area contributed by atoms with Crippen molar-refractivity contribution in [2.24, 2.45) is 0 Å². The predicted molar refractivity (Wildman–Crippen MR) is 105 cm³/mol. The standard InChI is InChI=1S/C20H23N3O3S/c1-13-19(24)22-15-11-14(6-7-18(15)27-13)20(25)21-12-16(17-5-4-10-26-17)23-8-2-3-9-23/h4-7,10-11,13,16H,2-3,8-9,12H2,1H3,(H,21,25)(H,22,24)/t13-,16-/m0/s1. The molecule has 3 heterocycles. The van der Waals surface area contributed by atoms with Gasteiger partial charge in [0.1, 0.15) is 5.76 Å². The number of furan rings is 1. The number of carbonyl (C=O) groups is 2. The third-order valence-electron chi connectivity index (χ3n) is 5.08. The molecule has 2 aliphatic heterocycles. The third kappa shape index (κ3) is 3.89. The van der Waals surface area contributed by atoms with Crippen LogP contribution < -0.4 is 10.6 Å². The predicted octanol–water partition coefficient (Wildman–Crippen LogP) is 3.28. The Morgan fingerprint density at radius 1 is 1.37 bits per heavy atom. The van der Waals surface area contributed by atoms with E-state index in [0.717, 1.165) is 23.7 Å². The summed E-state index contributed by atoms with van der Waals surface area (Å²) < 4.78 is 5.60. The van der Waals surface area contributed by atoms with Crippen molar-refractivity contribution in [3.63, 3.8) is 0 Å². The van der Waals surface area contributed by atoms with Gasteiger partial charge in [-0.1, -0.05) is 0 Å². The summed E-state index contributed by atoms with van der Waals surface area (Å²) in [5.41, 5.74) is 1.25. The number of benzene rings is 1. The van der Waals surface area contributed by atoms with Crippen molar-refractivity contribution >= 4 is 29.3 Å². The van der Waals surface area contributed by atoms with Gasteiger partial charge >= 0.3 is 0 Å². The van der Waals surface area contributed by atoms with Crippen LogP contribution in [0.2, 0.25) is 0 Å². The molecule has 4 rings (SSSR count). The fraction of sp³-hybridized carbons (Fsp3) is 0.400. The number of rotatable bonds is 5. The molecule has 1 aromatic carbocycles. The van der Waals surface area contributed by atoms with Crippen LogP contribution in [0.5, 0.6) is 0 Å². The van der Waals surface area contributed by atoms with Gasteiger partial charge in [-0.3, -0.25) is 14.5 Å². The molecule has 2 amide bonds. The number of amides is 2. The summed E-state index contributed by atoms with van der Waals surface area (Å²) in [5.74, 6) is 0.698. The number of hydrogen-bond acceptors (Lipinski definition) is 5. The summed E-state index contributed by atoms with van der Waals surface area (Å²) in [4.78, 5) is 27.9. The fourth-order valence-corrected chi connectivity index (χ4v) is 4.52. The van der Waals surface area contributed by atoms with Gasteiger partial charge in [-0.05, 0) is 63.2 Å². The number of likely N-dealkylation sites (tertiary alicyclic amines) is 1. The molecule has 7 heteroatoms. The van der Waals surface area contributed by atoms with Gasteiger partial charge in [-0.15, -0.1) is 11.8 Å². The minimum Gasteiger partial charge on any atom is -0.468 e. The summed E-state index contributed by atoms with van der Waals surface area (Å²) >= 11 is 1.51. The second-order valence-electron chi connectivity index (χ2n) is 6.94. The monoisotopic (exact) mass is 385 g/mol. The van der Waals surface area contributed by atoms with Crippen molar-refractivity contribution in [3.8, 4) is 0 Å². The molecule has 142 valence electrons. The summed E-state index contributed by atoms with van der Waals surface area (Å²) in [6, 6.07) is 9.34. The summed E-state index contributed by atoms with van der Waals surface area (Å²) in [5, 5.41) is 5.79. The van der Waals surface area contributed by atoms with Gasteiger partial charge in [0.2, 0.25) is 5.91 Å². The van der Waals surface area contributed by atoms with Crippen LogP contribution in [0.15, 0.2) is 45.9 Å². The maximum absolute atomic E-state index is 12.7. The molecular formula is C20H23N3O3S. The number of fused-ring (bicyclic) bond motifs is 1. The van der Waals surface area contributed by atoms with Gasteiger partial charge < -0.3 is 15.1 Å². The normalized spacial score (nSPS) is 20.8. The minimum atomic E-state index is -0.147. The van der Waals surface area contributed by atoms with Crippen molar-refractivity contribution in [2.45, 2.75) is 36.0 Å². The summed E-state index contributed by atoms with van der Waals surface area (Å²) in [6.07, 6.45) is 4.02. The van der Waals surface area contributed by atoms with E-state index in [-0.39, 0.29) is 23.1 Å². The Morgan fingerprint density at radius 3 is 2.93 bits per heavy atom. The van der Waals surface area contributed by atoms with Crippen LogP contribution in [0.4, 0.5) is 5.69 Å². The number of thioether (sulfide) groups is 1. The van der Waals surface area contributed by atoms with Crippen molar-refractivity contribution < 1.29 is 14.0 Å². The van der Waals surface area contributed by atoms with Gasteiger partial charge in [0, 0.05) is 17.0 Å². The molecule has 6 nitrogen and oxygen atoms in total. The molecule has 0 radical (unpaired) electrons. The Morgan fingerprint density at radius 2 is 2.19 bits per heavy atom. The zero-order chi connectivity index (χ0) is 18.8. The Kier molecular flexibility index (Phi) is 5.22. The Bertz CT molecular complexity index is 831. The van der Waals surface area contributed by atoms with E-state index in [0.29, 0.717) is 17.8 Å². The van der Waals surface area contributed by atoms with Gasteiger partial charge in [-0.2, -0.15) is 0 Å². The molecule has 1 aromatic heterocycles. The van der Waals surface area contributed by atoms with Crippen LogP contribution in [0.3, 0.4) is 0 Å². The number of hydrogen-bond donors (Lipinski definition) is 2. The van der Waals surface area contributed by atoms with Gasteiger partial charge in [0.15, 0.2) is 0 Å². The largest absolute Gasteiger partial charge is 0.468 e. The van der Waals surface area contributed by atoms with Crippen LogP contribution in [-0.4, -0.2) is 41.6 Å². The Labute approximate surface area is 162 Å². The molecule has 0 saturated carbocycles. The second-order valence-corrected chi connectivity index (χ2v) is 8.33. The average molecular weight is 385 g/mol. The first kappa shape index (κ1) is 18.1. The van der Waals surface area contributed by atoms with E-state index in [1.54, 1.807) is 12.3 Å². The quantitative estimate of drug-likeness (QED) is 0.826. The lowest BCUT2D eigenvalue weighted by Crippen LogP contribution is -2.36. The van der Waals surface area contributed by atoms with E-state index in [4.69, 9.17) is 4.42 Å². The molecule has 0 bridgehead atoms. The van der Waals surface area contributed by atoms with E-state index in [9.17, 15) is 9.59 Å². The average Bonchev–Trinajstić information content (AvgIpc) is 3.37. The minimum absolute atomic E-state index is 0.0306. The highest BCUT2D eigenvalue weighted by Gasteiger charge is 2.27. The molecule has 0 unspecified atom stereocenters. The highest BCUT2D eigenvalue weighted by molar-refractivity contribution is 8.00. The zero-order valence-corrected chi connectivity index (χ0v) is 16.1.